The lowest BCUT2D eigenvalue weighted by Gasteiger charge is -2.36. The maximum atomic E-state index is 13.2. The van der Waals surface area contributed by atoms with Gasteiger partial charge in [0.15, 0.2) is 0 Å². The number of amides is 1. The van der Waals surface area contributed by atoms with E-state index in [2.05, 4.69) is 10.0 Å². The van der Waals surface area contributed by atoms with Gasteiger partial charge in [-0.05, 0) is 98.2 Å². The van der Waals surface area contributed by atoms with Crippen LogP contribution in [0.4, 0.5) is 4.79 Å². The van der Waals surface area contributed by atoms with Crippen molar-refractivity contribution < 1.29 is 31.6 Å². The molecule has 0 radical (unpaired) electrons. The molecule has 0 aliphatic rings. The molecule has 0 saturated heterocycles. The highest BCUT2D eigenvalue weighted by Crippen LogP contribution is 2.51. The molecular weight excluding hydrogens is 515 g/mol. The van der Waals surface area contributed by atoms with Crippen molar-refractivity contribution in [3.8, 4) is 11.5 Å². The molecule has 0 aromatic heterocycles. The van der Waals surface area contributed by atoms with Gasteiger partial charge in [-0.2, -0.15) is 0 Å². The van der Waals surface area contributed by atoms with E-state index in [0.29, 0.717) is 11.5 Å². The number of hydrogen-bond donors (Lipinski definition) is 2. The third-order valence-corrected chi connectivity index (χ3v) is 8.52. The molecule has 0 spiro atoms. The highest BCUT2D eigenvalue weighted by atomic mass is 32.2. The van der Waals surface area contributed by atoms with Gasteiger partial charge in [-0.1, -0.05) is 18.2 Å². The molecule has 0 atom stereocenters. The number of nitrogens with one attached hydrogen (secondary N) is 2. The van der Waals surface area contributed by atoms with Crippen LogP contribution in [0.15, 0.2) is 59.5 Å². The van der Waals surface area contributed by atoms with Gasteiger partial charge in [0.2, 0.25) is 10.0 Å². The van der Waals surface area contributed by atoms with E-state index in [0.717, 1.165) is 0 Å². The fourth-order valence-corrected chi connectivity index (χ4v) is 7.16. The van der Waals surface area contributed by atoms with Gasteiger partial charge >= 0.3 is 13.2 Å². The van der Waals surface area contributed by atoms with Crippen molar-refractivity contribution in [1.82, 2.24) is 10.0 Å². The zero-order valence-electron chi connectivity index (χ0n) is 22.8. The molecule has 0 bridgehead atoms. The van der Waals surface area contributed by atoms with E-state index >= 15 is 0 Å². The molecule has 37 heavy (non-hydrogen) atoms. The van der Waals surface area contributed by atoms with Gasteiger partial charge in [0.1, 0.15) is 11.5 Å². The number of benzene rings is 2. The second-order valence-corrected chi connectivity index (χ2v) is 14.2. The first-order valence-electron chi connectivity index (χ1n) is 12.1. The summed E-state index contributed by atoms with van der Waals surface area (Å²) in [5.74, 6) is 1.15. The van der Waals surface area contributed by atoms with Crippen LogP contribution in [-0.4, -0.2) is 37.4 Å². The average Bonchev–Trinajstić information content (AvgIpc) is 2.71. The monoisotopic (exact) mass is 554 g/mol. The summed E-state index contributed by atoms with van der Waals surface area (Å²) in [4.78, 5) is 13.0. The maximum absolute atomic E-state index is 13.2. The van der Waals surface area contributed by atoms with Gasteiger partial charge < -0.3 is 10.1 Å². The first-order chi connectivity index (χ1) is 16.9. The van der Waals surface area contributed by atoms with E-state index in [9.17, 15) is 17.8 Å². The summed E-state index contributed by atoms with van der Waals surface area (Å²) in [6, 6.07) is 15.3. The van der Waals surface area contributed by atoms with Crippen LogP contribution in [0.2, 0.25) is 0 Å². The number of carbonyl (C=O) groups excluding carboxylic acids is 1. The molecule has 0 aliphatic heterocycles. The summed E-state index contributed by atoms with van der Waals surface area (Å²) < 4.78 is 58.5. The average molecular weight is 555 g/mol. The first kappa shape index (κ1) is 31.0. The van der Waals surface area contributed by atoms with E-state index in [1.54, 1.807) is 79.7 Å². The molecule has 9 nitrogen and oxygen atoms in total. The van der Waals surface area contributed by atoms with Crippen molar-refractivity contribution in [3.05, 3.63) is 54.6 Å². The molecule has 2 aromatic rings. The smallest absolute Gasteiger partial charge is 0.418 e. The fourth-order valence-electron chi connectivity index (χ4n) is 3.95. The van der Waals surface area contributed by atoms with E-state index < -0.39 is 46.6 Å². The number of para-hydroxylation sites is 1. The summed E-state index contributed by atoms with van der Waals surface area (Å²) in [7, 11) is -8.00. The molecule has 0 heterocycles. The molecule has 206 valence electrons. The van der Waals surface area contributed by atoms with Crippen LogP contribution < -0.4 is 14.8 Å². The lowest BCUT2D eigenvalue weighted by atomic mass is 9.88. The Morgan fingerprint density at radius 2 is 1.32 bits per heavy atom. The topological polar surface area (TPSA) is 120 Å². The maximum Gasteiger partial charge on any atom is 0.418 e. The van der Waals surface area contributed by atoms with Crippen molar-refractivity contribution in [2.24, 2.45) is 0 Å². The van der Waals surface area contributed by atoms with Crippen LogP contribution in [0.25, 0.3) is 0 Å². The lowest BCUT2D eigenvalue weighted by Crippen LogP contribution is -2.53. The largest absolute Gasteiger partial charge is 0.457 e. The molecule has 1 amide bonds. The second-order valence-electron chi connectivity index (χ2n) is 10.7. The third kappa shape index (κ3) is 9.87. The Hall–Kier alpha value is -2.23. The molecule has 0 aliphatic carbocycles. The Balaban J connectivity index is 2.11. The molecule has 0 saturated carbocycles. The molecule has 11 heteroatoms. The Bertz CT molecular complexity index is 1180. The van der Waals surface area contributed by atoms with Gasteiger partial charge in [-0.3, -0.25) is 13.8 Å². The van der Waals surface area contributed by atoms with Gasteiger partial charge in [-0.25, -0.2) is 17.7 Å². The number of sulfonamides is 1. The zero-order chi connectivity index (χ0) is 28.1. The lowest BCUT2D eigenvalue weighted by molar-refractivity contribution is 0.140. The minimum Gasteiger partial charge on any atom is -0.457 e. The second kappa shape index (κ2) is 12.1. The van der Waals surface area contributed by atoms with Gasteiger partial charge in [0.05, 0.1) is 17.1 Å². The van der Waals surface area contributed by atoms with Crippen LogP contribution in [0.1, 0.15) is 61.8 Å². The number of hydrogen-bond acceptors (Lipinski definition) is 7. The quantitative estimate of drug-likeness (QED) is 0.273. The Labute approximate surface area is 220 Å². The van der Waals surface area contributed by atoms with Crippen LogP contribution in [0.3, 0.4) is 0 Å². The third-order valence-electron chi connectivity index (χ3n) is 4.80. The van der Waals surface area contributed by atoms with E-state index in [1.165, 1.54) is 12.1 Å². The summed E-state index contributed by atoms with van der Waals surface area (Å²) in [5.41, 5.74) is -2.80. The molecule has 0 unspecified atom stereocenters. The number of rotatable bonds is 13. The number of ether oxygens (including phenoxy) is 1. The molecule has 0 fully saturated rings. The molecule has 2 rings (SSSR count). The normalized spacial score (nSPS) is 13.1. The molecule has 2 N–H and O–H groups in total. The minimum absolute atomic E-state index is 0.0722. The van der Waals surface area contributed by atoms with E-state index in [4.69, 9.17) is 13.8 Å². The molecular formula is C26H39N2O7PS. The van der Waals surface area contributed by atoms with Crippen LogP contribution in [-0.2, 0) is 23.6 Å². The van der Waals surface area contributed by atoms with Gasteiger partial charge in [0, 0.05) is 11.1 Å². The van der Waals surface area contributed by atoms with Gasteiger partial charge in [-0.15, -0.1) is 0 Å². The summed E-state index contributed by atoms with van der Waals surface area (Å²) in [6.07, 6.45) is -0.805. The van der Waals surface area contributed by atoms with Crippen molar-refractivity contribution in [2.75, 3.05) is 0 Å². The van der Waals surface area contributed by atoms with Crippen LogP contribution in [0, 0.1) is 0 Å². The predicted octanol–water partition coefficient (Wildman–Crippen LogP) is 6.46. The van der Waals surface area contributed by atoms with Crippen LogP contribution in [0.5, 0.6) is 11.5 Å². The van der Waals surface area contributed by atoms with Crippen LogP contribution >= 0.6 is 7.60 Å². The van der Waals surface area contributed by atoms with Crippen molar-refractivity contribution >= 4 is 23.3 Å². The SMILES string of the molecule is CC(C)OP(=O)(OC(C)C)C(=O)NC(C)(C)CC(C)(C)NS(=O)(=O)c1ccc(Oc2ccccc2)cc1. The minimum atomic E-state index is -4.10. The Morgan fingerprint density at radius 3 is 1.81 bits per heavy atom. The Morgan fingerprint density at radius 1 is 0.838 bits per heavy atom. The van der Waals surface area contributed by atoms with Crippen molar-refractivity contribution in [3.63, 3.8) is 0 Å². The highest BCUT2D eigenvalue weighted by molar-refractivity contribution is 7.89. The zero-order valence-corrected chi connectivity index (χ0v) is 24.5. The summed E-state index contributed by atoms with van der Waals surface area (Å²) in [6.45, 7) is 13.5. The summed E-state index contributed by atoms with van der Waals surface area (Å²) >= 11 is 0. The Kier molecular flexibility index (Phi) is 10.1. The highest BCUT2D eigenvalue weighted by Gasteiger charge is 2.42. The first-order valence-corrected chi connectivity index (χ1v) is 15.1. The van der Waals surface area contributed by atoms with Gasteiger partial charge in [0.25, 0.3) is 0 Å². The predicted molar refractivity (Wildman–Crippen MR) is 145 cm³/mol. The summed E-state index contributed by atoms with van der Waals surface area (Å²) in [5, 5.41) is 2.72. The van der Waals surface area contributed by atoms with E-state index in [-0.39, 0.29) is 11.3 Å². The standard InChI is InChI=1S/C26H39N2O7PS/c1-19(2)34-36(30,35-20(3)4)24(29)27-25(5,6)18-26(7,8)28-37(31,32)23-16-14-22(15-17-23)33-21-12-10-9-11-13-21/h9-17,19-20,28H,18H2,1-8H3,(H,27,29). The van der Waals surface area contributed by atoms with E-state index in [1.807, 2.05) is 18.2 Å². The van der Waals surface area contributed by atoms with Crippen molar-refractivity contribution in [1.29, 1.82) is 0 Å². The molecule has 2 aromatic carbocycles. The number of carbonyl (C=O) groups is 1. The fraction of sp³-hybridized carbons (Fsp3) is 0.500. The van der Waals surface area contributed by atoms with Crippen molar-refractivity contribution in [2.45, 2.75) is 90.0 Å².